The third-order valence-electron chi connectivity index (χ3n) is 2.26. The highest BCUT2D eigenvalue weighted by molar-refractivity contribution is 5.45. The standard InChI is InChI=1S/C11H10N4O3/c1-7-2-3-8(15(16)17)4-9(7)18-11-5-10(12)13-6-14-11/h2-6H,1H3,(H2,12,13,14). The number of ether oxygens (including phenoxy) is 1. The molecule has 0 amide bonds. The minimum absolute atomic E-state index is 0.0439. The Hall–Kier alpha value is -2.70. The van der Waals surface area contributed by atoms with E-state index in [0.29, 0.717) is 5.75 Å². The van der Waals surface area contributed by atoms with Gasteiger partial charge in [0.15, 0.2) is 0 Å². The molecule has 18 heavy (non-hydrogen) atoms. The van der Waals surface area contributed by atoms with Crippen molar-refractivity contribution >= 4 is 11.5 Å². The number of aromatic nitrogens is 2. The van der Waals surface area contributed by atoms with Gasteiger partial charge in [-0.05, 0) is 18.6 Å². The molecule has 2 N–H and O–H groups in total. The van der Waals surface area contributed by atoms with Crippen molar-refractivity contribution in [2.75, 3.05) is 5.73 Å². The number of anilines is 1. The minimum atomic E-state index is -0.485. The molecule has 0 saturated heterocycles. The number of nitrogens with zero attached hydrogens (tertiary/aromatic N) is 3. The molecular formula is C11H10N4O3. The number of nitro groups is 1. The zero-order chi connectivity index (χ0) is 13.1. The lowest BCUT2D eigenvalue weighted by Gasteiger charge is -2.07. The summed E-state index contributed by atoms with van der Waals surface area (Å²) < 4.78 is 5.45. The van der Waals surface area contributed by atoms with Crippen LogP contribution < -0.4 is 10.5 Å². The molecule has 0 fully saturated rings. The predicted octanol–water partition coefficient (Wildman–Crippen LogP) is 2.07. The summed E-state index contributed by atoms with van der Waals surface area (Å²) in [6, 6.07) is 5.81. The van der Waals surface area contributed by atoms with Crippen molar-refractivity contribution in [1.82, 2.24) is 9.97 Å². The van der Waals surface area contributed by atoms with Crippen molar-refractivity contribution in [2.24, 2.45) is 0 Å². The molecule has 2 rings (SSSR count). The molecule has 0 atom stereocenters. The van der Waals surface area contributed by atoms with Crippen LogP contribution in [0.2, 0.25) is 0 Å². The third-order valence-corrected chi connectivity index (χ3v) is 2.26. The maximum atomic E-state index is 10.7. The molecule has 7 heteroatoms. The fraction of sp³-hybridized carbons (Fsp3) is 0.0909. The Bertz CT molecular complexity index is 601. The zero-order valence-corrected chi connectivity index (χ0v) is 9.53. The van der Waals surface area contributed by atoms with Crippen LogP contribution in [0.5, 0.6) is 11.6 Å². The fourth-order valence-corrected chi connectivity index (χ4v) is 1.33. The maximum absolute atomic E-state index is 10.7. The molecule has 0 aliphatic carbocycles. The van der Waals surface area contributed by atoms with E-state index in [0.717, 1.165) is 5.56 Å². The van der Waals surface area contributed by atoms with E-state index in [1.807, 2.05) is 0 Å². The van der Waals surface area contributed by atoms with Gasteiger partial charge in [0.1, 0.15) is 17.9 Å². The molecular weight excluding hydrogens is 236 g/mol. The van der Waals surface area contributed by atoms with E-state index in [-0.39, 0.29) is 17.4 Å². The molecule has 0 bridgehead atoms. The summed E-state index contributed by atoms with van der Waals surface area (Å²) >= 11 is 0. The van der Waals surface area contributed by atoms with Crippen molar-refractivity contribution in [3.05, 3.63) is 46.3 Å². The van der Waals surface area contributed by atoms with E-state index in [1.54, 1.807) is 13.0 Å². The van der Waals surface area contributed by atoms with Crippen LogP contribution in [0.25, 0.3) is 0 Å². The Balaban J connectivity index is 2.33. The van der Waals surface area contributed by atoms with Gasteiger partial charge in [0.05, 0.1) is 11.0 Å². The van der Waals surface area contributed by atoms with Gasteiger partial charge in [-0.1, -0.05) is 0 Å². The van der Waals surface area contributed by atoms with Gasteiger partial charge in [0.25, 0.3) is 5.69 Å². The van der Waals surface area contributed by atoms with Gasteiger partial charge in [-0.15, -0.1) is 0 Å². The lowest BCUT2D eigenvalue weighted by molar-refractivity contribution is -0.384. The Morgan fingerprint density at radius 1 is 1.33 bits per heavy atom. The second-order valence-electron chi connectivity index (χ2n) is 3.59. The van der Waals surface area contributed by atoms with E-state index < -0.39 is 4.92 Å². The largest absolute Gasteiger partial charge is 0.438 e. The third kappa shape index (κ3) is 2.51. The molecule has 7 nitrogen and oxygen atoms in total. The second-order valence-corrected chi connectivity index (χ2v) is 3.59. The van der Waals surface area contributed by atoms with Gasteiger partial charge < -0.3 is 10.5 Å². The molecule has 0 unspecified atom stereocenters. The van der Waals surface area contributed by atoms with Crippen LogP contribution in [-0.2, 0) is 0 Å². The molecule has 0 aliphatic rings. The van der Waals surface area contributed by atoms with Gasteiger partial charge in [0, 0.05) is 12.1 Å². The highest BCUT2D eigenvalue weighted by Crippen LogP contribution is 2.28. The molecule has 0 spiro atoms. The number of nitro benzene ring substituents is 1. The van der Waals surface area contributed by atoms with Crippen LogP contribution in [0.1, 0.15) is 5.56 Å². The van der Waals surface area contributed by atoms with Crippen molar-refractivity contribution in [3.8, 4) is 11.6 Å². The Kier molecular flexibility index (Phi) is 3.05. The Morgan fingerprint density at radius 3 is 2.78 bits per heavy atom. The first-order chi connectivity index (χ1) is 8.56. The summed E-state index contributed by atoms with van der Waals surface area (Å²) in [7, 11) is 0. The van der Waals surface area contributed by atoms with E-state index in [9.17, 15) is 10.1 Å². The topological polar surface area (TPSA) is 104 Å². The summed E-state index contributed by atoms with van der Waals surface area (Å²) in [5.74, 6) is 0.872. The van der Waals surface area contributed by atoms with Crippen LogP contribution >= 0.6 is 0 Å². The Labute approximate surface area is 102 Å². The summed E-state index contributed by atoms with van der Waals surface area (Å²) in [5, 5.41) is 10.7. The van der Waals surface area contributed by atoms with Crippen LogP contribution in [0.3, 0.4) is 0 Å². The number of non-ortho nitro benzene ring substituents is 1. The van der Waals surface area contributed by atoms with Crippen molar-refractivity contribution in [3.63, 3.8) is 0 Å². The molecule has 0 radical (unpaired) electrons. The monoisotopic (exact) mass is 246 g/mol. The number of hydrogen-bond donors (Lipinski definition) is 1. The Morgan fingerprint density at radius 2 is 2.11 bits per heavy atom. The van der Waals surface area contributed by atoms with E-state index in [4.69, 9.17) is 10.5 Å². The molecule has 92 valence electrons. The van der Waals surface area contributed by atoms with Gasteiger partial charge in [0.2, 0.25) is 5.88 Å². The molecule has 1 aromatic heterocycles. The maximum Gasteiger partial charge on any atom is 0.273 e. The number of nitrogens with two attached hydrogens (primary N) is 1. The zero-order valence-electron chi connectivity index (χ0n) is 9.53. The second kappa shape index (κ2) is 4.66. The molecule has 2 aromatic rings. The minimum Gasteiger partial charge on any atom is -0.438 e. The molecule has 0 aliphatic heterocycles. The van der Waals surface area contributed by atoms with Crippen molar-refractivity contribution in [2.45, 2.75) is 6.92 Å². The first-order valence-corrected chi connectivity index (χ1v) is 5.06. The SMILES string of the molecule is Cc1ccc([N+](=O)[O-])cc1Oc1cc(N)ncn1. The summed E-state index contributed by atoms with van der Waals surface area (Å²) in [4.78, 5) is 17.8. The van der Waals surface area contributed by atoms with Gasteiger partial charge in [-0.3, -0.25) is 10.1 Å². The smallest absolute Gasteiger partial charge is 0.273 e. The van der Waals surface area contributed by atoms with Crippen LogP contribution in [0, 0.1) is 17.0 Å². The van der Waals surface area contributed by atoms with Crippen molar-refractivity contribution in [1.29, 1.82) is 0 Å². The van der Waals surface area contributed by atoms with E-state index in [2.05, 4.69) is 9.97 Å². The highest BCUT2D eigenvalue weighted by atomic mass is 16.6. The molecule has 1 aromatic carbocycles. The molecule has 1 heterocycles. The first kappa shape index (κ1) is 11.8. The number of benzene rings is 1. The number of hydrogen-bond acceptors (Lipinski definition) is 6. The number of aryl methyl sites for hydroxylation is 1. The van der Waals surface area contributed by atoms with Gasteiger partial charge >= 0.3 is 0 Å². The molecule has 0 saturated carbocycles. The lowest BCUT2D eigenvalue weighted by atomic mass is 10.2. The lowest BCUT2D eigenvalue weighted by Crippen LogP contribution is -1.96. The quantitative estimate of drug-likeness (QED) is 0.656. The van der Waals surface area contributed by atoms with E-state index >= 15 is 0 Å². The van der Waals surface area contributed by atoms with Gasteiger partial charge in [-0.25, -0.2) is 9.97 Å². The fourth-order valence-electron chi connectivity index (χ4n) is 1.33. The summed E-state index contributed by atoms with van der Waals surface area (Å²) in [6.07, 6.45) is 1.26. The van der Waals surface area contributed by atoms with Crippen LogP contribution in [-0.4, -0.2) is 14.9 Å². The summed E-state index contributed by atoms with van der Waals surface area (Å²) in [6.45, 7) is 1.78. The number of rotatable bonds is 3. The van der Waals surface area contributed by atoms with Crippen molar-refractivity contribution < 1.29 is 9.66 Å². The summed E-state index contributed by atoms with van der Waals surface area (Å²) in [5.41, 5.74) is 6.21. The first-order valence-electron chi connectivity index (χ1n) is 5.06. The predicted molar refractivity (Wildman–Crippen MR) is 64.4 cm³/mol. The van der Waals surface area contributed by atoms with Crippen LogP contribution in [0.15, 0.2) is 30.6 Å². The highest BCUT2D eigenvalue weighted by Gasteiger charge is 2.10. The average Bonchev–Trinajstić information content (AvgIpc) is 2.31. The normalized spacial score (nSPS) is 10.1. The number of nitrogen functional groups attached to an aromatic ring is 1. The van der Waals surface area contributed by atoms with Crippen LogP contribution in [0.4, 0.5) is 11.5 Å². The average molecular weight is 246 g/mol. The van der Waals surface area contributed by atoms with Gasteiger partial charge in [-0.2, -0.15) is 0 Å². The van der Waals surface area contributed by atoms with E-state index in [1.165, 1.54) is 24.5 Å².